The van der Waals surface area contributed by atoms with Crippen molar-refractivity contribution in [1.82, 2.24) is 5.32 Å². The summed E-state index contributed by atoms with van der Waals surface area (Å²) in [6.45, 7) is 4.13. The molecule has 4 nitrogen and oxygen atoms in total. The first-order valence-electron chi connectivity index (χ1n) is 25.2. The summed E-state index contributed by atoms with van der Waals surface area (Å²) in [5.74, 6) is -0.102. The van der Waals surface area contributed by atoms with Crippen LogP contribution >= 0.6 is 0 Å². The van der Waals surface area contributed by atoms with Crippen molar-refractivity contribution < 1.29 is 15.0 Å². The van der Waals surface area contributed by atoms with Crippen molar-refractivity contribution in [3.05, 3.63) is 158 Å². The van der Waals surface area contributed by atoms with Gasteiger partial charge in [0.2, 0.25) is 5.91 Å². The number of amides is 1. The molecule has 352 valence electrons. The first kappa shape index (κ1) is 59.0. The number of carbonyl (C=O) groups is 1. The minimum absolute atomic E-state index is 0.102. The first-order valence-corrected chi connectivity index (χ1v) is 25.2. The summed E-state index contributed by atoms with van der Waals surface area (Å²) in [5.41, 5.74) is 0. The van der Waals surface area contributed by atoms with E-state index in [1.807, 2.05) is 6.08 Å². The molecule has 0 aromatic heterocycles. The quantitative estimate of drug-likeness (QED) is 0.0422. The van der Waals surface area contributed by atoms with Crippen molar-refractivity contribution in [3.63, 3.8) is 0 Å². The lowest BCUT2D eigenvalue weighted by molar-refractivity contribution is -0.123. The highest BCUT2D eigenvalue weighted by Gasteiger charge is 2.17. The lowest BCUT2D eigenvalue weighted by Crippen LogP contribution is -2.45. The Hall–Kier alpha value is -3.99. The first-order chi connectivity index (χ1) is 31.2. The van der Waals surface area contributed by atoms with Gasteiger partial charge in [0.05, 0.1) is 18.8 Å². The second-order valence-corrected chi connectivity index (χ2v) is 16.1. The molecule has 0 spiro atoms. The zero-order chi connectivity index (χ0) is 45.6. The van der Waals surface area contributed by atoms with Crippen LogP contribution in [0.2, 0.25) is 0 Å². The van der Waals surface area contributed by atoms with Gasteiger partial charge in [-0.3, -0.25) is 4.79 Å². The highest BCUT2D eigenvalue weighted by molar-refractivity contribution is 5.76. The van der Waals surface area contributed by atoms with Crippen molar-refractivity contribution in [1.29, 1.82) is 0 Å². The summed E-state index contributed by atoms with van der Waals surface area (Å²) in [6.07, 6.45) is 85.1. The van der Waals surface area contributed by atoms with Crippen molar-refractivity contribution in [2.45, 2.75) is 199 Å². The summed E-state index contributed by atoms with van der Waals surface area (Å²) in [5, 5.41) is 22.9. The van der Waals surface area contributed by atoms with Crippen molar-refractivity contribution in [2.24, 2.45) is 0 Å². The van der Waals surface area contributed by atoms with Gasteiger partial charge in [-0.2, -0.15) is 0 Å². The molecule has 0 rings (SSSR count). The zero-order valence-corrected chi connectivity index (χ0v) is 40.3. The molecule has 0 fully saturated rings. The number of carbonyl (C=O) groups excluding carboxylic acids is 1. The molecular formula is C59H93NO3. The highest BCUT2D eigenvalue weighted by Crippen LogP contribution is 2.10. The second kappa shape index (κ2) is 52.4. The lowest BCUT2D eigenvalue weighted by atomic mass is 10.1. The average molecular weight is 864 g/mol. The predicted octanol–water partition coefficient (Wildman–Crippen LogP) is 16.6. The average Bonchev–Trinajstić information content (AvgIpc) is 3.29. The number of allylic oxidation sites excluding steroid dienone is 25. The molecule has 0 saturated carbocycles. The van der Waals surface area contributed by atoms with Crippen LogP contribution in [0.15, 0.2) is 158 Å². The number of rotatable bonds is 43. The number of aliphatic hydroxyl groups is 2. The molecular weight excluding hydrogens is 771 g/mol. The fourth-order valence-electron chi connectivity index (χ4n) is 6.43. The van der Waals surface area contributed by atoms with E-state index >= 15 is 0 Å². The summed E-state index contributed by atoms with van der Waals surface area (Å²) in [4.78, 5) is 12.4. The van der Waals surface area contributed by atoms with Gasteiger partial charge in [-0.05, 0) is 116 Å². The number of hydrogen-bond acceptors (Lipinski definition) is 3. The molecule has 0 bridgehead atoms. The summed E-state index contributed by atoms with van der Waals surface area (Å²) in [7, 11) is 0. The van der Waals surface area contributed by atoms with Crippen LogP contribution in [0.4, 0.5) is 0 Å². The van der Waals surface area contributed by atoms with Gasteiger partial charge in [0.25, 0.3) is 0 Å². The molecule has 0 aromatic carbocycles. The van der Waals surface area contributed by atoms with Gasteiger partial charge >= 0.3 is 0 Å². The fraction of sp³-hybridized carbons (Fsp3) is 0.542. The SMILES string of the molecule is CC/C=C\C/C=C\C/C=C\C/C=C\C/C=C\C/C=C\C/C=C\C/C=C\C/C=C\C/C=C\C/C=C\CCCCCCCC(=O)NC(CO)C(O)/C=C/CC/C=C/CCCCCCCC. The molecule has 0 saturated heterocycles. The molecule has 2 atom stereocenters. The van der Waals surface area contributed by atoms with Crippen molar-refractivity contribution in [3.8, 4) is 0 Å². The smallest absolute Gasteiger partial charge is 0.220 e. The summed E-state index contributed by atoms with van der Waals surface area (Å²) < 4.78 is 0. The largest absolute Gasteiger partial charge is 0.394 e. The van der Waals surface area contributed by atoms with E-state index < -0.39 is 12.1 Å². The van der Waals surface area contributed by atoms with Crippen LogP contribution in [0.3, 0.4) is 0 Å². The summed E-state index contributed by atoms with van der Waals surface area (Å²) >= 11 is 0. The minimum atomic E-state index is -0.880. The van der Waals surface area contributed by atoms with Gasteiger partial charge in [-0.15, -0.1) is 0 Å². The van der Waals surface area contributed by atoms with Crippen LogP contribution in [-0.4, -0.2) is 34.9 Å². The third-order valence-corrected chi connectivity index (χ3v) is 10.2. The maximum absolute atomic E-state index is 12.4. The van der Waals surface area contributed by atoms with E-state index in [2.05, 4.69) is 165 Å². The number of aliphatic hydroxyl groups excluding tert-OH is 2. The maximum Gasteiger partial charge on any atom is 0.220 e. The number of hydrogen-bond donors (Lipinski definition) is 3. The van der Waals surface area contributed by atoms with E-state index in [1.54, 1.807) is 6.08 Å². The van der Waals surface area contributed by atoms with Gasteiger partial charge in [0.15, 0.2) is 0 Å². The van der Waals surface area contributed by atoms with Crippen LogP contribution in [-0.2, 0) is 4.79 Å². The Labute approximate surface area is 388 Å². The summed E-state index contributed by atoms with van der Waals surface area (Å²) in [6, 6.07) is -0.660. The number of unbranched alkanes of at least 4 members (excludes halogenated alkanes) is 12. The predicted molar refractivity (Wildman–Crippen MR) is 280 cm³/mol. The molecule has 0 aliphatic heterocycles. The van der Waals surface area contributed by atoms with Crippen LogP contribution in [0.1, 0.15) is 187 Å². The molecule has 0 heterocycles. The van der Waals surface area contributed by atoms with E-state index in [4.69, 9.17) is 0 Å². The van der Waals surface area contributed by atoms with Crippen LogP contribution in [0.25, 0.3) is 0 Å². The van der Waals surface area contributed by atoms with E-state index in [-0.39, 0.29) is 12.5 Å². The topological polar surface area (TPSA) is 69.6 Å². The van der Waals surface area contributed by atoms with E-state index in [0.717, 1.165) is 116 Å². The minimum Gasteiger partial charge on any atom is -0.394 e. The van der Waals surface area contributed by atoms with Crippen LogP contribution in [0, 0.1) is 0 Å². The lowest BCUT2D eigenvalue weighted by Gasteiger charge is -2.19. The normalized spacial score (nSPS) is 14.3. The maximum atomic E-state index is 12.4. The van der Waals surface area contributed by atoms with Gasteiger partial charge in [0, 0.05) is 6.42 Å². The van der Waals surface area contributed by atoms with Crippen molar-refractivity contribution >= 4 is 5.91 Å². The molecule has 1 amide bonds. The van der Waals surface area contributed by atoms with Crippen LogP contribution < -0.4 is 5.32 Å². The zero-order valence-electron chi connectivity index (χ0n) is 40.3. The van der Waals surface area contributed by atoms with Gasteiger partial charge in [-0.25, -0.2) is 0 Å². The monoisotopic (exact) mass is 864 g/mol. The van der Waals surface area contributed by atoms with Crippen molar-refractivity contribution in [2.75, 3.05) is 6.61 Å². The Balaban J connectivity index is 3.73. The van der Waals surface area contributed by atoms with Gasteiger partial charge < -0.3 is 15.5 Å². The highest BCUT2D eigenvalue weighted by atomic mass is 16.3. The molecule has 0 radical (unpaired) electrons. The molecule has 2 unspecified atom stereocenters. The molecule has 0 aliphatic rings. The molecule has 63 heavy (non-hydrogen) atoms. The Morgan fingerprint density at radius 1 is 0.397 bits per heavy atom. The molecule has 0 aliphatic carbocycles. The van der Waals surface area contributed by atoms with E-state index in [1.165, 1.54) is 51.4 Å². The number of nitrogens with one attached hydrogen (secondary N) is 1. The second-order valence-electron chi connectivity index (χ2n) is 16.1. The van der Waals surface area contributed by atoms with Gasteiger partial charge in [0.1, 0.15) is 0 Å². The Morgan fingerprint density at radius 3 is 1.11 bits per heavy atom. The van der Waals surface area contributed by atoms with E-state index in [9.17, 15) is 15.0 Å². The molecule has 3 N–H and O–H groups in total. The Morgan fingerprint density at radius 2 is 0.714 bits per heavy atom. The molecule has 4 heteroatoms. The fourth-order valence-corrected chi connectivity index (χ4v) is 6.43. The molecule has 0 aromatic rings. The standard InChI is InChI=1S/C59H93NO3/c1-3-5-7-9-11-13-15-17-18-19-20-21-22-23-24-25-26-27-28-29-30-31-32-33-34-35-36-37-38-39-40-41-42-43-45-47-49-51-53-55-59(63)60-57(56-61)58(62)54-52-50-48-46-44-16-14-12-10-8-6-4-2/h5,7,11,13,17-18,20-21,23-24,26-27,29-30,32-33,35-36,38-39,41-42,44,46,52,54,57-58,61-62H,3-4,6,8-10,12,14-16,19,22,25,28,31,34,37,40,43,45,47-51,53,55-56H2,1-2H3,(H,60,63)/b7-5-,13-11-,18-17-,21-20-,24-23-,27-26-,30-29-,33-32-,36-35-,39-38-,42-41-,46-44+,54-52+. The van der Waals surface area contributed by atoms with E-state index in [0.29, 0.717) is 6.42 Å². The third kappa shape index (κ3) is 48.9. The third-order valence-electron chi connectivity index (χ3n) is 10.2. The van der Waals surface area contributed by atoms with Gasteiger partial charge in [-0.1, -0.05) is 223 Å². The van der Waals surface area contributed by atoms with Crippen LogP contribution in [0.5, 0.6) is 0 Å². The Bertz CT molecular complexity index is 1400. The Kier molecular flexibility index (Phi) is 49.0.